The Balaban J connectivity index is 1.44. The van der Waals surface area contributed by atoms with Gasteiger partial charge in [0.2, 0.25) is 0 Å². The van der Waals surface area contributed by atoms with Gasteiger partial charge in [-0.3, -0.25) is 9.78 Å². The molecule has 0 saturated carbocycles. The molecule has 1 N–H and O–H groups in total. The van der Waals surface area contributed by atoms with Crippen molar-refractivity contribution >= 4 is 17.3 Å². The van der Waals surface area contributed by atoms with Gasteiger partial charge in [0.1, 0.15) is 5.02 Å². The summed E-state index contributed by atoms with van der Waals surface area (Å²) in [6.07, 6.45) is 5.19. The molecule has 0 unspecified atom stereocenters. The van der Waals surface area contributed by atoms with E-state index in [-0.39, 0.29) is 10.6 Å². The molecule has 0 saturated heterocycles. The Labute approximate surface area is 173 Å². The Morgan fingerprint density at radius 1 is 0.862 bits per heavy atom. The molecule has 2 aromatic carbocycles. The van der Waals surface area contributed by atoms with Crippen molar-refractivity contribution in [1.82, 2.24) is 14.8 Å². The monoisotopic (exact) mass is 402 g/mol. The Morgan fingerprint density at radius 3 is 2.38 bits per heavy atom. The SMILES string of the molecule is O=c1c(Cl)c(NCc2ccc(-c3cccnc3)cc2)cnn1Cc1ccccc1. The molecule has 144 valence electrons. The van der Waals surface area contributed by atoms with Crippen molar-refractivity contribution in [3.8, 4) is 11.1 Å². The van der Waals surface area contributed by atoms with Crippen molar-refractivity contribution in [2.75, 3.05) is 5.32 Å². The van der Waals surface area contributed by atoms with Gasteiger partial charge in [0.25, 0.3) is 5.56 Å². The maximum Gasteiger partial charge on any atom is 0.287 e. The van der Waals surface area contributed by atoms with Crippen LogP contribution in [0.1, 0.15) is 11.1 Å². The van der Waals surface area contributed by atoms with Crippen LogP contribution in [0.5, 0.6) is 0 Å². The molecule has 0 spiro atoms. The van der Waals surface area contributed by atoms with Crippen LogP contribution >= 0.6 is 11.6 Å². The van der Waals surface area contributed by atoms with E-state index in [1.54, 1.807) is 12.4 Å². The first-order valence-electron chi connectivity index (χ1n) is 9.23. The third-order valence-corrected chi connectivity index (χ3v) is 4.96. The maximum absolute atomic E-state index is 12.5. The second-order valence-corrected chi connectivity index (χ2v) is 6.99. The normalized spacial score (nSPS) is 10.7. The zero-order valence-corrected chi connectivity index (χ0v) is 16.4. The van der Waals surface area contributed by atoms with Crippen LogP contribution in [0, 0.1) is 0 Å². The summed E-state index contributed by atoms with van der Waals surface area (Å²) in [6, 6.07) is 21.8. The summed E-state index contributed by atoms with van der Waals surface area (Å²) in [6.45, 7) is 0.923. The van der Waals surface area contributed by atoms with Crippen molar-refractivity contribution in [2.24, 2.45) is 0 Å². The highest BCUT2D eigenvalue weighted by Crippen LogP contribution is 2.20. The molecule has 0 atom stereocenters. The fourth-order valence-corrected chi connectivity index (χ4v) is 3.22. The highest BCUT2D eigenvalue weighted by Gasteiger charge is 2.09. The molecule has 0 radical (unpaired) electrons. The molecule has 29 heavy (non-hydrogen) atoms. The highest BCUT2D eigenvalue weighted by molar-refractivity contribution is 6.32. The molecule has 4 rings (SSSR count). The zero-order chi connectivity index (χ0) is 20.1. The van der Waals surface area contributed by atoms with Gasteiger partial charge in [-0.15, -0.1) is 0 Å². The first-order valence-corrected chi connectivity index (χ1v) is 9.61. The lowest BCUT2D eigenvalue weighted by atomic mass is 10.1. The number of rotatable bonds is 6. The molecule has 0 amide bonds. The van der Waals surface area contributed by atoms with Crippen molar-refractivity contribution in [2.45, 2.75) is 13.1 Å². The Morgan fingerprint density at radius 2 is 1.66 bits per heavy atom. The molecule has 0 bridgehead atoms. The van der Waals surface area contributed by atoms with E-state index in [9.17, 15) is 4.79 Å². The van der Waals surface area contributed by atoms with E-state index in [1.165, 1.54) is 4.68 Å². The van der Waals surface area contributed by atoms with Crippen LogP contribution < -0.4 is 10.9 Å². The van der Waals surface area contributed by atoms with Gasteiger partial charge in [-0.25, -0.2) is 4.68 Å². The maximum atomic E-state index is 12.5. The smallest absolute Gasteiger partial charge is 0.287 e. The highest BCUT2D eigenvalue weighted by atomic mass is 35.5. The molecular formula is C23H19ClN4O. The molecule has 0 aliphatic heterocycles. The summed E-state index contributed by atoms with van der Waals surface area (Å²) >= 11 is 6.29. The molecule has 4 aromatic rings. The number of benzene rings is 2. The van der Waals surface area contributed by atoms with Crippen LogP contribution in [0.4, 0.5) is 5.69 Å². The van der Waals surface area contributed by atoms with Crippen molar-refractivity contribution in [1.29, 1.82) is 0 Å². The van der Waals surface area contributed by atoms with Gasteiger partial charge in [0.15, 0.2) is 0 Å². The minimum atomic E-state index is -0.313. The van der Waals surface area contributed by atoms with Gasteiger partial charge in [-0.2, -0.15) is 5.10 Å². The van der Waals surface area contributed by atoms with Gasteiger partial charge in [-0.05, 0) is 28.3 Å². The first-order chi connectivity index (χ1) is 14.2. The van der Waals surface area contributed by atoms with Gasteiger partial charge in [0, 0.05) is 18.9 Å². The summed E-state index contributed by atoms with van der Waals surface area (Å²) in [4.78, 5) is 16.7. The fraction of sp³-hybridized carbons (Fsp3) is 0.0870. The number of pyridine rings is 1. The lowest BCUT2D eigenvalue weighted by molar-refractivity contribution is 0.640. The molecule has 0 aliphatic rings. The Bertz CT molecular complexity index is 1140. The second-order valence-electron chi connectivity index (χ2n) is 6.61. The lowest BCUT2D eigenvalue weighted by Gasteiger charge is -2.11. The van der Waals surface area contributed by atoms with E-state index in [0.29, 0.717) is 18.8 Å². The number of hydrogen-bond acceptors (Lipinski definition) is 4. The van der Waals surface area contributed by atoms with E-state index in [1.807, 2.05) is 72.9 Å². The number of nitrogens with one attached hydrogen (secondary N) is 1. The summed E-state index contributed by atoms with van der Waals surface area (Å²) < 4.78 is 1.37. The van der Waals surface area contributed by atoms with Crippen LogP contribution in [0.3, 0.4) is 0 Å². The van der Waals surface area contributed by atoms with Crippen molar-refractivity contribution in [3.05, 3.63) is 112 Å². The summed E-state index contributed by atoms with van der Waals surface area (Å²) in [5, 5.41) is 7.59. The van der Waals surface area contributed by atoms with E-state index in [2.05, 4.69) is 15.4 Å². The molecule has 0 fully saturated rings. The fourth-order valence-electron chi connectivity index (χ4n) is 3.00. The predicted octanol–water partition coefficient (Wildman–Crippen LogP) is 4.62. The number of hydrogen-bond donors (Lipinski definition) is 1. The molecule has 2 aromatic heterocycles. The number of aromatic nitrogens is 3. The van der Waals surface area contributed by atoms with Crippen LogP contribution in [0.15, 0.2) is 90.1 Å². The molecular weight excluding hydrogens is 384 g/mol. The summed E-state index contributed by atoms with van der Waals surface area (Å²) in [5.41, 5.74) is 4.45. The average Bonchev–Trinajstić information content (AvgIpc) is 2.78. The van der Waals surface area contributed by atoms with Crippen LogP contribution in [0.25, 0.3) is 11.1 Å². The molecule has 0 aliphatic carbocycles. The van der Waals surface area contributed by atoms with Crippen LogP contribution in [-0.4, -0.2) is 14.8 Å². The largest absolute Gasteiger partial charge is 0.378 e. The van der Waals surface area contributed by atoms with Crippen LogP contribution in [-0.2, 0) is 13.1 Å². The second kappa shape index (κ2) is 8.71. The van der Waals surface area contributed by atoms with Gasteiger partial charge in [-0.1, -0.05) is 72.3 Å². The van der Waals surface area contributed by atoms with Crippen molar-refractivity contribution < 1.29 is 0 Å². The molecule has 5 nitrogen and oxygen atoms in total. The first kappa shape index (κ1) is 18.9. The quantitative estimate of drug-likeness (QED) is 0.511. The average molecular weight is 403 g/mol. The summed E-state index contributed by atoms with van der Waals surface area (Å²) in [5.74, 6) is 0. The lowest BCUT2D eigenvalue weighted by Crippen LogP contribution is -2.24. The molecule has 6 heteroatoms. The van der Waals surface area contributed by atoms with E-state index >= 15 is 0 Å². The zero-order valence-electron chi connectivity index (χ0n) is 15.6. The molecule has 2 heterocycles. The standard InChI is InChI=1S/C23H19ClN4O/c24-22-21(15-27-28(23(22)29)16-18-5-2-1-3-6-18)26-13-17-8-10-19(11-9-17)20-7-4-12-25-14-20/h1-12,14-15,26H,13,16H2. The number of anilines is 1. The summed E-state index contributed by atoms with van der Waals surface area (Å²) in [7, 11) is 0. The van der Waals surface area contributed by atoms with E-state index in [4.69, 9.17) is 11.6 Å². The third-order valence-electron chi connectivity index (χ3n) is 4.59. The minimum Gasteiger partial charge on any atom is -0.378 e. The van der Waals surface area contributed by atoms with Crippen molar-refractivity contribution in [3.63, 3.8) is 0 Å². The van der Waals surface area contributed by atoms with E-state index < -0.39 is 0 Å². The van der Waals surface area contributed by atoms with Gasteiger partial charge < -0.3 is 5.32 Å². The minimum absolute atomic E-state index is 0.142. The third kappa shape index (κ3) is 4.52. The predicted molar refractivity (Wildman–Crippen MR) is 116 cm³/mol. The number of nitrogens with zero attached hydrogens (tertiary/aromatic N) is 3. The van der Waals surface area contributed by atoms with Gasteiger partial charge >= 0.3 is 0 Å². The van der Waals surface area contributed by atoms with Gasteiger partial charge in [0.05, 0.1) is 18.4 Å². The topological polar surface area (TPSA) is 59.8 Å². The Kier molecular flexibility index (Phi) is 5.68. The Hall–Kier alpha value is -3.44. The van der Waals surface area contributed by atoms with E-state index in [0.717, 1.165) is 22.3 Å². The van der Waals surface area contributed by atoms with Crippen LogP contribution in [0.2, 0.25) is 5.02 Å². The number of halogens is 1.